The van der Waals surface area contributed by atoms with Gasteiger partial charge in [0.15, 0.2) is 11.6 Å². The number of fused-ring (bicyclic) bond motifs is 1. The normalized spacial score (nSPS) is 12.9. The van der Waals surface area contributed by atoms with Gasteiger partial charge in [-0.2, -0.15) is 0 Å². The molecular weight excluding hydrogens is 658 g/mol. The minimum atomic E-state index is -0.216. The van der Waals surface area contributed by atoms with Crippen LogP contribution in [-0.4, -0.2) is 11.6 Å². The number of benzene rings is 3. The van der Waals surface area contributed by atoms with Gasteiger partial charge >= 0.3 is 0 Å². The maximum absolute atomic E-state index is 12.6. The summed E-state index contributed by atoms with van der Waals surface area (Å²) in [5.41, 5.74) is 3.04. The van der Waals surface area contributed by atoms with Gasteiger partial charge in [0.25, 0.3) is 0 Å². The molecule has 1 aliphatic rings. The third-order valence-corrected chi connectivity index (χ3v) is 6.66. The van der Waals surface area contributed by atoms with Crippen LogP contribution in [-0.2, 0) is 6.61 Å². The molecule has 0 amide bonds. The maximum atomic E-state index is 12.6. The fourth-order valence-electron chi connectivity index (χ4n) is 3.11. The van der Waals surface area contributed by atoms with Crippen LogP contribution in [0.15, 0.2) is 70.7 Å². The molecule has 3 aromatic carbocycles. The Bertz CT molecular complexity index is 1110. The Morgan fingerprint density at radius 2 is 1.41 bits per heavy atom. The highest BCUT2D eigenvalue weighted by molar-refractivity contribution is 14.1. The molecule has 3 aromatic rings. The molecule has 0 N–H and O–H groups in total. The van der Waals surface area contributed by atoms with Gasteiger partial charge in [-0.3, -0.25) is 9.59 Å². The van der Waals surface area contributed by atoms with E-state index in [-0.39, 0.29) is 17.1 Å². The van der Waals surface area contributed by atoms with Gasteiger partial charge < -0.3 is 4.74 Å². The van der Waals surface area contributed by atoms with Gasteiger partial charge in [-0.15, -0.1) is 0 Å². The van der Waals surface area contributed by atoms with Crippen molar-refractivity contribution in [3.05, 3.63) is 100 Å². The summed E-state index contributed by atoms with van der Waals surface area (Å²) < 4.78 is 8.90. The van der Waals surface area contributed by atoms with Crippen LogP contribution < -0.4 is 4.74 Å². The molecule has 1 aliphatic carbocycles. The number of Topliss-reactive ketones (excluding diaryl/α,β-unsaturated/α-hetero) is 2. The molecule has 0 aliphatic heterocycles. The number of carbonyl (C=O) groups excluding carboxylic acids is 2. The molecule has 0 unspecified atom stereocenters. The molecule has 29 heavy (non-hydrogen) atoms. The van der Waals surface area contributed by atoms with E-state index in [0.29, 0.717) is 17.7 Å². The van der Waals surface area contributed by atoms with Crippen molar-refractivity contribution in [2.75, 3.05) is 0 Å². The van der Waals surface area contributed by atoms with E-state index in [0.717, 1.165) is 28.5 Å². The van der Waals surface area contributed by atoms with E-state index in [2.05, 4.69) is 61.1 Å². The summed E-state index contributed by atoms with van der Waals surface area (Å²) in [5, 5.41) is 0. The molecule has 0 fully saturated rings. The Hall–Kier alpha value is -1.52. The lowest BCUT2D eigenvalue weighted by atomic mass is 10.1. The number of allylic oxidation sites excluding steroid dienone is 1. The smallest absolute Gasteiger partial charge is 0.197 e. The number of hydrogen-bond acceptors (Lipinski definition) is 3. The lowest BCUT2D eigenvalue weighted by Crippen LogP contribution is -2.02. The zero-order chi connectivity index (χ0) is 20.5. The van der Waals surface area contributed by atoms with Crippen molar-refractivity contribution in [1.82, 2.24) is 0 Å². The predicted molar refractivity (Wildman–Crippen MR) is 133 cm³/mol. The van der Waals surface area contributed by atoms with Crippen LogP contribution in [0.3, 0.4) is 0 Å². The first-order valence-corrected chi connectivity index (χ1v) is 11.7. The standard InChI is InChI=1S/C23H13BrI2O3/c24-15-7-5-13(6-8-15)12-29-23-19(25)10-14(11-20(23)26)9-18-21(27)16-3-1-2-4-17(16)22(18)28/h1-11H,12H2. The molecule has 0 bridgehead atoms. The maximum Gasteiger partial charge on any atom is 0.197 e. The first-order valence-electron chi connectivity index (χ1n) is 8.70. The van der Waals surface area contributed by atoms with E-state index < -0.39 is 0 Å². The van der Waals surface area contributed by atoms with Crippen LogP contribution >= 0.6 is 61.1 Å². The molecule has 4 rings (SSSR count). The van der Waals surface area contributed by atoms with Crippen LogP contribution in [0.2, 0.25) is 0 Å². The van der Waals surface area contributed by atoms with Gasteiger partial charge in [-0.25, -0.2) is 0 Å². The highest BCUT2D eigenvalue weighted by Crippen LogP contribution is 2.32. The largest absolute Gasteiger partial charge is 0.487 e. The molecule has 0 saturated heterocycles. The Kier molecular flexibility index (Phi) is 6.21. The van der Waals surface area contributed by atoms with Crippen LogP contribution in [0.1, 0.15) is 31.8 Å². The van der Waals surface area contributed by atoms with E-state index in [1.54, 1.807) is 30.3 Å². The lowest BCUT2D eigenvalue weighted by molar-refractivity contribution is 0.0990. The lowest BCUT2D eigenvalue weighted by Gasteiger charge is -2.12. The second kappa shape index (κ2) is 8.69. The molecule has 0 saturated carbocycles. The average Bonchev–Trinajstić information content (AvgIpc) is 2.94. The van der Waals surface area contributed by atoms with Crippen molar-refractivity contribution in [2.24, 2.45) is 0 Å². The van der Waals surface area contributed by atoms with Gasteiger partial charge in [-0.1, -0.05) is 52.3 Å². The predicted octanol–water partition coefficient (Wildman–Crippen LogP) is 6.70. The van der Waals surface area contributed by atoms with Crippen LogP contribution in [0.25, 0.3) is 6.08 Å². The average molecular weight is 671 g/mol. The first kappa shape index (κ1) is 20.7. The van der Waals surface area contributed by atoms with Crippen LogP contribution in [0.4, 0.5) is 0 Å². The van der Waals surface area contributed by atoms with E-state index in [4.69, 9.17) is 4.74 Å². The molecule has 0 radical (unpaired) electrons. The number of rotatable bonds is 4. The Labute approximate surface area is 204 Å². The van der Waals surface area contributed by atoms with Crippen molar-refractivity contribution in [3.8, 4) is 5.75 Å². The number of hydrogen-bond donors (Lipinski definition) is 0. The molecule has 6 heteroatoms. The van der Waals surface area contributed by atoms with Gasteiger partial charge in [0.05, 0.1) is 12.7 Å². The Morgan fingerprint density at radius 3 is 1.97 bits per heavy atom. The molecule has 0 aromatic heterocycles. The zero-order valence-electron chi connectivity index (χ0n) is 14.9. The fourth-order valence-corrected chi connectivity index (χ4v) is 5.50. The Morgan fingerprint density at radius 1 is 0.862 bits per heavy atom. The summed E-state index contributed by atoms with van der Waals surface area (Å²) in [6.45, 7) is 0.464. The molecule has 0 heterocycles. The third kappa shape index (κ3) is 4.34. The summed E-state index contributed by atoms with van der Waals surface area (Å²) in [6, 6.07) is 18.8. The summed E-state index contributed by atoms with van der Waals surface area (Å²) in [6.07, 6.45) is 1.67. The minimum absolute atomic E-state index is 0.210. The topological polar surface area (TPSA) is 43.4 Å². The third-order valence-electron chi connectivity index (χ3n) is 4.53. The summed E-state index contributed by atoms with van der Waals surface area (Å²) in [7, 11) is 0. The van der Waals surface area contributed by atoms with Crippen molar-refractivity contribution >= 4 is 78.8 Å². The molecular formula is C23H13BrI2O3. The second-order valence-electron chi connectivity index (χ2n) is 6.49. The van der Waals surface area contributed by atoms with Crippen molar-refractivity contribution in [2.45, 2.75) is 6.61 Å². The van der Waals surface area contributed by atoms with Crippen molar-refractivity contribution < 1.29 is 14.3 Å². The fraction of sp³-hybridized carbons (Fsp3) is 0.0435. The summed E-state index contributed by atoms with van der Waals surface area (Å²) in [5.74, 6) is 0.362. The molecule has 0 atom stereocenters. The monoisotopic (exact) mass is 670 g/mol. The zero-order valence-corrected chi connectivity index (χ0v) is 20.8. The van der Waals surface area contributed by atoms with Crippen LogP contribution in [0.5, 0.6) is 5.75 Å². The van der Waals surface area contributed by atoms with E-state index in [1.807, 2.05) is 36.4 Å². The highest BCUT2D eigenvalue weighted by Gasteiger charge is 2.32. The van der Waals surface area contributed by atoms with Gasteiger partial charge in [-0.05, 0) is 86.7 Å². The number of ether oxygens (including phenoxy) is 1. The number of halogens is 3. The molecule has 0 spiro atoms. The second-order valence-corrected chi connectivity index (χ2v) is 9.73. The SMILES string of the molecule is O=C1C(=Cc2cc(I)c(OCc3ccc(Br)cc3)c(I)c2)C(=O)c2ccccc21. The highest BCUT2D eigenvalue weighted by atomic mass is 127. The van der Waals surface area contributed by atoms with Crippen molar-refractivity contribution in [3.63, 3.8) is 0 Å². The van der Waals surface area contributed by atoms with Crippen molar-refractivity contribution in [1.29, 1.82) is 0 Å². The van der Waals surface area contributed by atoms with Gasteiger partial charge in [0.1, 0.15) is 12.4 Å². The van der Waals surface area contributed by atoms with Gasteiger partial charge in [0.2, 0.25) is 0 Å². The van der Waals surface area contributed by atoms with E-state index in [9.17, 15) is 9.59 Å². The first-order chi connectivity index (χ1) is 13.9. The van der Waals surface area contributed by atoms with E-state index >= 15 is 0 Å². The summed E-state index contributed by atoms with van der Waals surface area (Å²) in [4.78, 5) is 25.2. The summed E-state index contributed by atoms with van der Waals surface area (Å²) >= 11 is 7.87. The number of carbonyl (C=O) groups is 2. The van der Waals surface area contributed by atoms with Gasteiger partial charge in [0, 0.05) is 15.6 Å². The molecule has 144 valence electrons. The van der Waals surface area contributed by atoms with Crippen LogP contribution in [0, 0.1) is 7.14 Å². The number of ketones is 2. The Balaban J connectivity index is 1.59. The minimum Gasteiger partial charge on any atom is -0.487 e. The molecule has 3 nitrogen and oxygen atoms in total. The van der Waals surface area contributed by atoms with E-state index in [1.165, 1.54) is 0 Å². The quantitative estimate of drug-likeness (QED) is 0.176.